The summed E-state index contributed by atoms with van der Waals surface area (Å²) >= 11 is 3.66. The molecule has 0 saturated carbocycles. The average Bonchev–Trinajstić information content (AvgIpc) is 2.91. The second kappa shape index (κ2) is 10.5. The Kier molecular flexibility index (Phi) is 6.99. The van der Waals surface area contributed by atoms with Crippen LogP contribution < -0.4 is 21.2 Å². The summed E-state index contributed by atoms with van der Waals surface area (Å²) in [4.78, 5) is 0. The van der Waals surface area contributed by atoms with Gasteiger partial charge in [-0.05, 0) is 37.3 Å². The van der Waals surface area contributed by atoms with E-state index in [0.29, 0.717) is 0 Å². The van der Waals surface area contributed by atoms with E-state index in [2.05, 4.69) is 162 Å². The summed E-state index contributed by atoms with van der Waals surface area (Å²) in [6.07, 6.45) is 0. The van der Waals surface area contributed by atoms with Crippen LogP contribution in [-0.2, 0) is 0 Å². The highest BCUT2D eigenvalue weighted by atomic mass is 79.9. The molecule has 0 aliphatic heterocycles. The van der Waals surface area contributed by atoms with Crippen LogP contribution in [0, 0.1) is 6.92 Å². The molecule has 0 fully saturated rings. The Balaban J connectivity index is 1.81. The number of halogens is 1. The summed E-state index contributed by atoms with van der Waals surface area (Å²) in [7, 11) is -2.36. The van der Waals surface area contributed by atoms with Crippen LogP contribution >= 0.6 is 23.0 Å². The van der Waals surface area contributed by atoms with Gasteiger partial charge in [-0.2, -0.15) is 0 Å². The van der Waals surface area contributed by atoms with Crippen molar-refractivity contribution in [2.24, 2.45) is 4.74 Å². The van der Waals surface area contributed by atoms with E-state index < -0.39 is 7.05 Å². The first-order valence-corrected chi connectivity index (χ1v) is 14.1. The van der Waals surface area contributed by atoms with Crippen molar-refractivity contribution in [3.05, 3.63) is 143 Å². The lowest BCUT2D eigenvalue weighted by molar-refractivity contribution is 1.44. The van der Waals surface area contributed by atoms with Gasteiger partial charge in [-0.1, -0.05) is 125 Å². The van der Waals surface area contributed by atoms with E-state index in [4.69, 9.17) is 4.74 Å². The molecule has 172 valence electrons. The first kappa shape index (κ1) is 23.4. The fourth-order valence-corrected chi connectivity index (χ4v) is 8.11. The minimum Gasteiger partial charge on any atom is -0.354 e. The smallest absolute Gasteiger partial charge is 0.0860 e. The van der Waals surface area contributed by atoms with Gasteiger partial charge in [0.2, 0.25) is 0 Å². The lowest BCUT2D eigenvalue weighted by atomic mass is 10.2. The van der Waals surface area contributed by atoms with E-state index in [-0.39, 0.29) is 0 Å². The van der Waals surface area contributed by atoms with Crippen LogP contribution in [0.5, 0.6) is 0 Å². The molecule has 5 rings (SSSR count). The molecule has 0 radical (unpaired) electrons. The van der Waals surface area contributed by atoms with Gasteiger partial charge < -0.3 is 5.32 Å². The summed E-state index contributed by atoms with van der Waals surface area (Å²) in [5, 5.41) is 7.28. The van der Waals surface area contributed by atoms with Gasteiger partial charge in [0.15, 0.2) is 0 Å². The van der Waals surface area contributed by atoms with Crippen molar-refractivity contribution in [2.45, 2.75) is 6.92 Å². The second-order valence-corrected chi connectivity index (χ2v) is 12.3. The molecule has 5 aromatic rings. The van der Waals surface area contributed by atoms with Crippen molar-refractivity contribution in [3.63, 3.8) is 0 Å². The molecule has 0 heterocycles. The normalized spacial score (nSPS) is 11.1. The largest absolute Gasteiger partial charge is 0.354 e. The summed E-state index contributed by atoms with van der Waals surface area (Å²) in [6.45, 7) is 2.10. The number of benzene rings is 5. The van der Waals surface area contributed by atoms with Crippen LogP contribution in [0.3, 0.4) is 0 Å². The number of hydrogen-bond donors (Lipinski definition) is 1. The lowest BCUT2D eigenvalue weighted by Gasteiger charge is -2.27. The summed E-state index contributed by atoms with van der Waals surface area (Å²) in [6, 6.07) is 46.8. The molecule has 0 aliphatic rings. The molecule has 0 spiro atoms. The molecular weight excluding hydrogens is 511 g/mol. The van der Waals surface area contributed by atoms with Gasteiger partial charge in [0.1, 0.15) is 0 Å². The van der Waals surface area contributed by atoms with Crippen LogP contribution in [0.15, 0.2) is 143 Å². The molecule has 0 aliphatic carbocycles. The van der Waals surface area contributed by atoms with Crippen molar-refractivity contribution in [3.8, 4) is 0 Å². The molecule has 4 heteroatoms. The van der Waals surface area contributed by atoms with E-state index in [9.17, 15) is 0 Å². The number of rotatable bonds is 6. The standard InChI is InChI=1S/C31H26BrN2P/c1-24-17-20-26(21-18-24)33-31-23-25(32)19-22-30(31)34-35(27-11-5-2-6-12-27,28-13-7-3-8-14-28)29-15-9-4-10-16-29/h2-23,33H,1H3. The maximum atomic E-state index is 5.68. The fraction of sp³-hybridized carbons (Fsp3) is 0.0323. The van der Waals surface area contributed by atoms with Crippen LogP contribution in [-0.4, -0.2) is 0 Å². The van der Waals surface area contributed by atoms with Gasteiger partial charge in [-0.25, -0.2) is 0 Å². The third-order valence-corrected chi connectivity index (χ3v) is 10.1. The zero-order valence-corrected chi connectivity index (χ0v) is 22.0. The molecule has 0 bridgehead atoms. The topological polar surface area (TPSA) is 24.4 Å². The first-order chi connectivity index (χ1) is 17.1. The molecule has 0 atom stereocenters. The van der Waals surface area contributed by atoms with Gasteiger partial charge in [0.05, 0.1) is 18.4 Å². The Morgan fingerprint density at radius 3 is 1.57 bits per heavy atom. The number of nitrogens with one attached hydrogen (secondary N) is 1. The first-order valence-electron chi connectivity index (χ1n) is 11.6. The van der Waals surface area contributed by atoms with Gasteiger partial charge in [-0.3, -0.25) is 4.74 Å². The van der Waals surface area contributed by atoms with Gasteiger partial charge >= 0.3 is 0 Å². The molecular formula is C31H26BrN2P. The Labute approximate surface area is 215 Å². The molecule has 35 heavy (non-hydrogen) atoms. The molecule has 0 amide bonds. The monoisotopic (exact) mass is 536 g/mol. The van der Waals surface area contributed by atoms with E-state index >= 15 is 0 Å². The van der Waals surface area contributed by atoms with Crippen molar-refractivity contribution < 1.29 is 0 Å². The predicted molar refractivity (Wildman–Crippen MR) is 156 cm³/mol. The van der Waals surface area contributed by atoms with E-state index in [0.717, 1.165) is 21.5 Å². The number of hydrogen-bond acceptors (Lipinski definition) is 2. The SMILES string of the molecule is Cc1ccc(Nc2cc(Br)ccc2N=P(c2ccccc2)(c2ccccc2)c2ccccc2)cc1. The van der Waals surface area contributed by atoms with E-state index in [1.54, 1.807) is 0 Å². The average molecular weight is 537 g/mol. The van der Waals surface area contributed by atoms with Gasteiger partial charge in [-0.15, -0.1) is 0 Å². The second-order valence-electron chi connectivity index (χ2n) is 8.39. The molecule has 0 unspecified atom stereocenters. The van der Waals surface area contributed by atoms with Crippen LogP contribution in [0.4, 0.5) is 17.1 Å². The highest BCUT2D eigenvalue weighted by Gasteiger charge is 2.27. The number of aryl methyl sites for hydroxylation is 1. The minimum atomic E-state index is -2.36. The summed E-state index contributed by atoms with van der Waals surface area (Å²) in [5.74, 6) is 0. The quantitative estimate of drug-likeness (QED) is 0.217. The molecule has 0 aromatic heterocycles. The van der Waals surface area contributed by atoms with Crippen molar-refractivity contribution in [2.75, 3.05) is 5.32 Å². The Hall–Kier alpha value is -3.39. The van der Waals surface area contributed by atoms with Gasteiger partial charge in [0.25, 0.3) is 0 Å². The van der Waals surface area contributed by atoms with Crippen LogP contribution in [0.2, 0.25) is 0 Å². The fourth-order valence-electron chi connectivity index (χ4n) is 4.20. The van der Waals surface area contributed by atoms with Crippen LogP contribution in [0.25, 0.3) is 0 Å². The number of anilines is 2. The number of nitrogens with zero attached hydrogens (tertiary/aromatic N) is 1. The molecule has 5 aromatic carbocycles. The zero-order chi connectivity index (χ0) is 24.1. The molecule has 1 N–H and O–H groups in total. The van der Waals surface area contributed by atoms with Crippen LogP contribution in [0.1, 0.15) is 5.56 Å². The Morgan fingerprint density at radius 2 is 1.09 bits per heavy atom. The maximum absolute atomic E-state index is 5.68. The lowest BCUT2D eigenvalue weighted by Crippen LogP contribution is -2.25. The highest BCUT2D eigenvalue weighted by molar-refractivity contribution is 9.10. The third-order valence-electron chi connectivity index (χ3n) is 5.94. The maximum Gasteiger partial charge on any atom is 0.0860 e. The van der Waals surface area contributed by atoms with Crippen molar-refractivity contribution >= 4 is 56.0 Å². The van der Waals surface area contributed by atoms with E-state index in [1.807, 2.05) is 0 Å². The van der Waals surface area contributed by atoms with Gasteiger partial charge in [0, 0.05) is 26.1 Å². The third kappa shape index (κ3) is 5.03. The van der Waals surface area contributed by atoms with Crippen molar-refractivity contribution in [1.82, 2.24) is 0 Å². The predicted octanol–water partition coefficient (Wildman–Crippen LogP) is 8.31. The summed E-state index contributed by atoms with van der Waals surface area (Å²) in [5.41, 5.74) is 4.17. The zero-order valence-electron chi connectivity index (χ0n) is 19.5. The van der Waals surface area contributed by atoms with Crippen molar-refractivity contribution in [1.29, 1.82) is 0 Å². The van der Waals surface area contributed by atoms with E-state index in [1.165, 1.54) is 21.5 Å². The molecule has 0 saturated heterocycles. The Bertz CT molecular complexity index is 1360. The summed E-state index contributed by atoms with van der Waals surface area (Å²) < 4.78 is 6.69. The highest BCUT2D eigenvalue weighted by Crippen LogP contribution is 2.50. The minimum absolute atomic E-state index is 0.929. The molecule has 2 nitrogen and oxygen atoms in total. The Morgan fingerprint density at radius 1 is 0.600 bits per heavy atom.